The largest absolute Gasteiger partial charge is 0.478 e. The minimum absolute atomic E-state index is 0.841. The lowest BCUT2D eigenvalue weighted by Crippen LogP contribution is -2.18. The highest BCUT2D eigenvalue weighted by Gasteiger charge is 2.02. The maximum atomic E-state index is 10.5. The van der Waals surface area contributed by atoms with Crippen molar-refractivity contribution in [2.75, 3.05) is 13.6 Å². The molecule has 3 nitrogen and oxygen atoms in total. The fraction of sp³-hybridized carbons (Fsp3) is 0.357. The van der Waals surface area contributed by atoms with Crippen LogP contribution < -0.4 is 0 Å². The first kappa shape index (κ1) is 13.5. The molecule has 0 aliphatic rings. The fourth-order valence-electron chi connectivity index (χ4n) is 1.75. The second kappa shape index (κ2) is 6.86. The Morgan fingerprint density at radius 3 is 2.76 bits per heavy atom. The lowest BCUT2D eigenvalue weighted by molar-refractivity contribution is -0.131. The van der Waals surface area contributed by atoms with Gasteiger partial charge in [-0.05, 0) is 37.2 Å². The normalized spacial score (nSPS) is 11.2. The van der Waals surface area contributed by atoms with Crippen LogP contribution in [0.1, 0.15) is 24.5 Å². The van der Waals surface area contributed by atoms with Gasteiger partial charge in [0.15, 0.2) is 0 Å². The Hall–Kier alpha value is -1.61. The monoisotopic (exact) mass is 233 g/mol. The molecule has 1 aromatic rings. The average molecular weight is 233 g/mol. The molecule has 17 heavy (non-hydrogen) atoms. The molecule has 0 atom stereocenters. The Bertz CT molecular complexity index is 399. The molecule has 0 saturated heterocycles. The van der Waals surface area contributed by atoms with Gasteiger partial charge in [0.1, 0.15) is 0 Å². The van der Waals surface area contributed by atoms with Gasteiger partial charge in [-0.2, -0.15) is 0 Å². The molecular weight excluding hydrogens is 214 g/mol. The third-order valence-electron chi connectivity index (χ3n) is 2.51. The molecule has 0 fully saturated rings. The number of carboxylic acids is 1. The molecule has 0 bridgehead atoms. The maximum Gasteiger partial charge on any atom is 0.328 e. The minimum atomic E-state index is -0.915. The van der Waals surface area contributed by atoms with E-state index < -0.39 is 5.97 Å². The van der Waals surface area contributed by atoms with E-state index in [1.165, 1.54) is 6.08 Å². The van der Waals surface area contributed by atoms with Gasteiger partial charge >= 0.3 is 5.97 Å². The molecule has 1 aromatic carbocycles. The van der Waals surface area contributed by atoms with Crippen molar-refractivity contribution in [2.45, 2.75) is 19.9 Å². The second-order valence-corrected chi connectivity index (χ2v) is 4.11. The summed E-state index contributed by atoms with van der Waals surface area (Å²) in [6.45, 7) is 4.03. The molecule has 0 aliphatic heterocycles. The molecule has 0 unspecified atom stereocenters. The number of rotatable bonds is 6. The summed E-state index contributed by atoms with van der Waals surface area (Å²) in [5.74, 6) is -0.915. The summed E-state index contributed by atoms with van der Waals surface area (Å²) < 4.78 is 0. The molecule has 3 heteroatoms. The molecule has 1 N–H and O–H groups in total. The van der Waals surface area contributed by atoms with Gasteiger partial charge in [-0.1, -0.05) is 31.2 Å². The molecular formula is C14H19NO2. The van der Waals surface area contributed by atoms with Gasteiger partial charge in [0.25, 0.3) is 0 Å². The van der Waals surface area contributed by atoms with E-state index in [9.17, 15) is 4.79 Å². The summed E-state index contributed by atoms with van der Waals surface area (Å²) in [4.78, 5) is 12.7. The van der Waals surface area contributed by atoms with E-state index in [0.717, 1.165) is 30.6 Å². The van der Waals surface area contributed by atoms with E-state index in [-0.39, 0.29) is 0 Å². The van der Waals surface area contributed by atoms with Crippen LogP contribution in [0.15, 0.2) is 30.3 Å². The number of hydrogen-bond acceptors (Lipinski definition) is 2. The van der Waals surface area contributed by atoms with Crippen molar-refractivity contribution < 1.29 is 9.90 Å². The lowest BCUT2D eigenvalue weighted by atomic mass is 10.1. The van der Waals surface area contributed by atoms with Crippen molar-refractivity contribution in [3.8, 4) is 0 Å². The molecule has 0 radical (unpaired) electrons. The fourth-order valence-corrected chi connectivity index (χ4v) is 1.75. The Morgan fingerprint density at radius 2 is 2.12 bits per heavy atom. The van der Waals surface area contributed by atoms with Gasteiger partial charge in [0, 0.05) is 12.6 Å². The zero-order valence-corrected chi connectivity index (χ0v) is 10.4. The molecule has 0 aliphatic carbocycles. The topological polar surface area (TPSA) is 40.5 Å². The van der Waals surface area contributed by atoms with E-state index in [1.807, 2.05) is 24.3 Å². The number of hydrogen-bond donors (Lipinski definition) is 1. The van der Waals surface area contributed by atoms with Gasteiger partial charge in [-0.3, -0.25) is 0 Å². The van der Waals surface area contributed by atoms with Crippen molar-refractivity contribution in [3.05, 3.63) is 41.5 Å². The van der Waals surface area contributed by atoms with E-state index in [4.69, 9.17) is 5.11 Å². The Kier molecular flexibility index (Phi) is 5.43. The Balaban J connectivity index is 2.80. The molecule has 0 spiro atoms. The second-order valence-electron chi connectivity index (χ2n) is 4.11. The maximum absolute atomic E-state index is 10.5. The summed E-state index contributed by atoms with van der Waals surface area (Å²) in [5, 5.41) is 8.63. The zero-order valence-electron chi connectivity index (χ0n) is 10.4. The third kappa shape index (κ3) is 4.83. The zero-order chi connectivity index (χ0) is 12.7. The van der Waals surface area contributed by atoms with Gasteiger partial charge in [0.05, 0.1) is 0 Å². The van der Waals surface area contributed by atoms with Crippen LogP contribution in [0.5, 0.6) is 0 Å². The van der Waals surface area contributed by atoms with Crippen molar-refractivity contribution in [1.82, 2.24) is 4.90 Å². The van der Waals surface area contributed by atoms with Gasteiger partial charge in [-0.15, -0.1) is 0 Å². The van der Waals surface area contributed by atoms with Crippen LogP contribution in [0, 0.1) is 0 Å². The Morgan fingerprint density at radius 1 is 1.41 bits per heavy atom. The Labute approximate surface area is 102 Å². The first-order valence-corrected chi connectivity index (χ1v) is 5.81. The van der Waals surface area contributed by atoms with Gasteiger partial charge in [-0.25, -0.2) is 4.79 Å². The molecule has 92 valence electrons. The average Bonchev–Trinajstić information content (AvgIpc) is 2.28. The van der Waals surface area contributed by atoms with Crippen LogP contribution >= 0.6 is 0 Å². The summed E-state index contributed by atoms with van der Waals surface area (Å²) in [7, 11) is 2.07. The molecule has 0 amide bonds. The minimum Gasteiger partial charge on any atom is -0.478 e. The summed E-state index contributed by atoms with van der Waals surface area (Å²) in [6, 6.07) is 7.88. The summed E-state index contributed by atoms with van der Waals surface area (Å²) in [5.41, 5.74) is 2.12. The highest BCUT2D eigenvalue weighted by atomic mass is 16.4. The highest BCUT2D eigenvalue weighted by Crippen LogP contribution is 2.13. The molecule has 1 rings (SSSR count). The van der Waals surface area contributed by atoms with Crippen LogP contribution in [-0.2, 0) is 11.3 Å². The summed E-state index contributed by atoms with van der Waals surface area (Å²) in [6.07, 6.45) is 3.94. The number of carboxylic acid groups (broad SMARTS) is 1. The quantitative estimate of drug-likeness (QED) is 0.768. The van der Waals surface area contributed by atoms with Crippen LogP contribution in [0.25, 0.3) is 6.08 Å². The SMILES string of the molecule is CCCN(C)Cc1ccccc1C=CC(=O)O. The third-order valence-corrected chi connectivity index (χ3v) is 2.51. The number of benzene rings is 1. The first-order chi connectivity index (χ1) is 8.13. The number of aliphatic carboxylic acids is 1. The van der Waals surface area contributed by atoms with Crippen molar-refractivity contribution in [3.63, 3.8) is 0 Å². The number of carbonyl (C=O) groups is 1. The molecule has 0 saturated carbocycles. The van der Waals surface area contributed by atoms with Crippen molar-refractivity contribution in [1.29, 1.82) is 0 Å². The van der Waals surface area contributed by atoms with Crippen molar-refractivity contribution >= 4 is 12.0 Å². The van der Waals surface area contributed by atoms with E-state index in [0.29, 0.717) is 0 Å². The predicted molar refractivity (Wildman–Crippen MR) is 69.7 cm³/mol. The van der Waals surface area contributed by atoms with Crippen LogP contribution in [0.2, 0.25) is 0 Å². The lowest BCUT2D eigenvalue weighted by Gasteiger charge is -2.16. The number of nitrogens with zero attached hydrogens (tertiary/aromatic N) is 1. The van der Waals surface area contributed by atoms with Gasteiger partial charge < -0.3 is 10.0 Å². The summed E-state index contributed by atoms with van der Waals surface area (Å²) >= 11 is 0. The standard InChI is InChI=1S/C14H19NO2/c1-3-10-15(2)11-13-7-5-4-6-12(13)8-9-14(16)17/h4-9H,3,10-11H2,1-2H3,(H,16,17). The van der Waals surface area contributed by atoms with Crippen LogP contribution in [-0.4, -0.2) is 29.6 Å². The van der Waals surface area contributed by atoms with Crippen LogP contribution in [0.3, 0.4) is 0 Å². The van der Waals surface area contributed by atoms with Crippen LogP contribution in [0.4, 0.5) is 0 Å². The highest BCUT2D eigenvalue weighted by molar-refractivity contribution is 5.85. The van der Waals surface area contributed by atoms with Gasteiger partial charge in [0.2, 0.25) is 0 Å². The van der Waals surface area contributed by atoms with E-state index >= 15 is 0 Å². The van der Waals surface area contributed by atoms with E-state index in [2.05, 4.69) is 18.9 Å². The van der Waals surface area contributed by atoms with Crippen molar-refractivity contribution in [2.24, 2.45) is 0 Å². The molecule has 0 heterocycles. The smallest absolute Gasteiger partial charge is 0.328 e. The molecule has 0 aromatic heterocycles. The first-order valence-electron chi connectivity index (χ1n) is 5.81. The predicted octanol–water partition coefficient (Wildman–Crippen LogP) is 2.63. The van der Waals surface area contributed by atoms with E-state index in [1.54, 1.807) is 6.08 Å².